The monoisotopic (exact) mass is 240 g/mol. The molecular weight excluding hydrogens is 228 g/mol. The third-order valence-electron chi connectivity index (χ3n) is 2.64. The van der Waals surface area contributed by atoms with E-state index < -0.39 is 10.2 Å². The molecule has 0 N–H and O–H groups in total. The first-order valence-corrected chi connectivity index (χ1v) is 6.42. The maximum Gasteiger partial charge on any atom is 0.308 e. The number of nitrogens with zero attached hydrogens (tertiary/aromatic N) is 4. The highest BCUT2D eigenvalue weighted by molar-refractivity contribution is 7.87. The molecule has 2 rings (SSSR count). The molecule has 2 heterocycles. The molecule has 0 aromatic carbocycles. The molecule has 0 aliphatic carbocycles. The van der Waals surface area contributed by atoms with Crippen LogP contribution in [0.4, 0.5) is 0 Å². The van der Waals surface area contributed by atoms with E-state index in [2.05, 4.69) is 11.1 Å². The van der Waals surface area contributed by atoms with Gasteiger partial charge >= 0.3 is 10.2 Å². The molecule has 1 aromatic heterocycles. The first kappa shape index (κ1) is 11.1. The van der Waals surface area contributed by atoms with Crippen molar-refractivity contribution < 1.29 is 8.42 Å². The fourth-order valence-corrected chi connectivity index (χ4v) is 3.15. The lowest BCUT2D eigenvalue weighted by Crippen LogP contribution is -2.42. The summed E-state index contributed by atoms with van der Waals surface area (Å²) in [6.07, 6.45) is 5.57. The average Bonchev–Trinajstić information content (AvgIpc) is 2.83. The van der Waals surface area contributed by atoms with Crippen molar-refractivity contribution in [3.05, 3.63) is 18.7 Å². The van der Waals surface area contributed by atoms with Gasteiger partial charge in [0.2, 0.25) is 0 Å². The zero-order chi connectivity index (χ0) is 11.6. The van der Waals surface area contributed by atoms with E-state index in [1.165, 1.54) is 23.0 Å². The second-order valence-corrected chi connectivity index (χ2v) is 5.56. The van der Waals surface area contributed by atoms with Gasteiger partial charge in [-0.1, -0.05) is 0 Å². The Bertz CT molecular complexity index is 488. The van der Waals surface area contributed by atoms with Gasteiger partial charge in [0.05, 0.1) is 12.0 Å². The molecular formula is C9H12N4O2S. The van der Waals surface area contributed by atoms with Crippen molar-refractivity contribution in [2.45, 2.75) is 12.8 Å². The van der Waals surface area contributed by atoms with Crippen molar-refractivity contribution in [2.75, 3.05) is 13.1 Å². The molecule has 1 saturated heterocycles. The van der Waals surface area contributed by atoms with Crippen molar-refractivity contribution in [1.82, 2.24) is 13.3 Å². The normalized spacial score (nSPS) is 22.8. The number of aromatic nitrogens is 2. The minimum atomic E-state index is -3.53. The summed E-state index contributed by atoms with van der Waals surface area (Å²) in [7, 11) is -3.53. The van der Waals surface area contributed by atoms with Crippen LogP contribution >= 0.6 is 0 Å². The van der Waals surface area contributed by atoms with E-state index >= 15 is 0 Å². The second kappa shape index (κ2) is 4.23. The fraction of sp³-hybridized carbons (Fsp3) is 0.556. The summed E-state index contributed by atoms with van der Waals surface area (Å²) in [5.41, 5.74) is 0. The van der Waals surface area contributed by atoms with Crippen LogP contribution in [0.3, 0.4) is 0 Å². The molecule has 16 heavy (non-hydrogen) atoms. The molecule has 0 spiro atoms. The predicted molar refractivity (Wildman–Crippen MR) is 56.5 cm³/mol. The van der Waals surface area contributed by atoms with E-state index in [-0.39, 0.29) is 12.5 Å². The highest BCUT2D eigenvalue weighted by atomic mass is 32.2. The van der Waals surface area contributed by atoms with E-state index in [9.17, 15) is 8.42 Å². The maximum absolute atomic E-state index is 12.0. The van der Waals surface area contributed by atoms with Crippen LogP contribution in [0.15, 0.2) is 18.7 Å². The second-order valence-electron chi connectivity index (χ2n) is 3.73. The Kier molecular flexibility index (Phi) is 2.94. The van der Waals surface area contributed by atoms with Crippen molar-refractivity contribution in [3.8, 4) is 6.07 Å². The molecule has 0 saturated carbocycles. The van der Waals surface area contributed by atoms with Crippen molar-refractivity contribution in [2.24, 2.45) is 5.92 Å². The number of nitriles is 1. The minimum Gasteiger partial charge on any atom is -0.244 e. The number of piperidine rings is 1. The van der Waals surface area contributed by atoms with Gasteiger partial charge < -0.3 is 0 Å². The highest BCUT2D eigenvalue weighted by Gasteiger charge is 2.29. The zero-order valence-electron chi connectivity index (χ0n) is 8.65. The minimum absolute atomic E-state index is 0.202. The van der Waals surface area contributed by atoms with E-state index in [1.807, 2.05) is 0 Å². The number of hydrogen-bond donors (Lipinski definition) is 0. The van der Waals surface area contributed by atoms with Gasteiger partial charge in [0.1, 0.15) is 6.33 Å². The lowest BCUT2D eigenvalue weighted by molar-refractivity contribution is 0.302. The molecule has 0 amide bonds. The number of rotatable bonds is 2. The molecule has 0 radical (unpaired) electrons. The van der Waals surface area contributed by atoms with Gasteiger partial charge in [-0.15, -0.1) is 0 Å². The Morgan fingerprint density at radius 2 is 2.31 bits per heavy atom. The number of imidazole rings is 1. The Labute approximate surface area is 94.3 Å². The summed E-state index contributed by atoms with van der Waals surface area (Å²) < 4.78 is 26.5. The molecule has 1 atom stereocenters. The molecule has 1 aromatic rings. The lowest BCUT2D eigenvalue weighted by atomic mass is 10.0. The van der Waals surface area contributed by atoms with Gasteiger partial charge in [-0.3, -0.25) is 0 Å². The Hall–Kier alpha value is -1.39. The standard InChI is InChI=1S/C9H12N4O2S/c10-6-9-2-1-4-12(7-9)16(14,15)13-5-3-11-8-13/h3,5,8-9H,1-2,4,7H2. The van der Waals surface area contributed by atoms with Gasteiger partial charge in [0.15, 0.2) is 0 Å². The van der Waals surface area contributed by atoms with Crippen LogP contribution in [-0.2, 0) is 10.2 Å². The summed E-state index contributed by atoms with van der Waals surface area (Å²) in [6, 6.07) is 2.12. The molecule has 1 aliphatic heterocycles. The lowest BCUT2D eigenvalue weighted by Gasteiger charge is -2.28. The van der Waals surface area contributed by atoms with E-state index in [0.717, 1.165) is 16.8 Å². The van der Waals surface area contributed by atoms with Crippen LogP contribution in [0.2, 0.25) is 0 Å². The van der Waals surface area contributed by atoms with E-state index in [1.54, 1.807) is 0 Å². The van der Waals surface area contributed by atoms with Crippen LogP contribution in [0, 0.1) is 17.2 Å². The topological polar surface area (TPSA) is 79.0 Å². The summed E-state index contributed by atoms with van der Waals surface area (Å²) >= 11 is 0. The quantitative estimate of drug-likeness (QED) is 0.740. The van der Waals surface area contributed by atoms with Gasteiger partial charge in [0, 0.05) is 25.5 Å². The van der Waals surface area contributed by atoms with Crippen LogP contribution in [0.25, 0.3) is 0 Å². The van der Waals surface area contributed by atoms with Gasteiger partial charge in [-0.2, -0.15) is 18.0 Å². The molecule has 6 nitrogen and oxygen atoms in total. The largest absolute Gasteiger partial charge is 0.308 e. The van der Waals surface area contributed by atoms with Crippen molar-refractivity contribution >= 4 is 10.2 Å². The fourth-order valence-electron chi connectivity index (χ4n) is 1.77. The third-order valence-corrected chi connectivity index (χ3v) is 4.37. The average molecular weight is 240 g/mol. The first-order chi connectivity index (χ1) is 7.64. The smallest absolute Gasteiger partial charge is 0.244 e. The van der Waals surface area contributed by atoms with Crippen LogP contribution in [0.5, 0.6) is 0 Å². The Morgan fingerprint density at radius 3 is 2.94 bits per heavy atom. The Balaban J connectivity index is 2.22. The molecule has 86 valence electrons. The molecule has 1 unspecified atom stereocenters. The van der Waals surface area contributed by atoms with Crippen LogP contribution < -0.4 is 0 Å². The summed E-state index contributed by atoms with van der Waals surface area (Å²) in [6.45, 7) is 0.746. The van der Waals surface area contributed by atoms with Gasteiger partial charge in [0.25, 0.3) is 0 Å². The van der Waals surface area contributed by atoms with E-state index in [0.29, 0.717) is 6.54 Å². The summed E-state index contributed by atoms with van der Waals surface area (Å²) in [5, 5.41) is 8.81. The van der Waals surface area contributed by atoms with Crippen LogP contribution in [0.1, 0.15) is 12.8 Å². The molecule has 7 heteroatoms. The van der Waals surface area contributed by atoms with Crippen molar-refractivity contribution in [1.29, 1.82) is 5.26 Å². The molecule has 0 bridgehead atoms. The molecule has 1 aliphatic rings. The van der Waals surface area contributed by atoms with Gasteiger partial charge in [-0.05, 0) is 12.8 Å². The predicted octanol–water partition coefficient (Wildman–Crippen LogP) is 0.212. The van der Waals surface area contributed by atoms with Gasteiger partial charge in [-0.25, -0.2) is 8.96 Å². The van der Waals surface area contributed by atoms with E-state index in [4.69, 9.17) is 5.26 Å². The van der Waals surface area contributed by atoms with Crippen LogP contribution in [-0.4, -0.2) is 34.8 Å². The Morgan fingerprint density at radius 1 is 1.50 bits per heavy atom. The zero-order valence-corrected chi connectivity index (χ0v) is 9.47. The first-order valence-electron chi connectivity index (χ1n) is 5.03. The highest BCUT2D eigenvalue weighted by Crippen LogP contribution is 2.19. The third kappa shape index (κ3) is 1.94. The molecule has 1 fully saturated rings. The van der Waals surface area contributed by atoms with Crippen molar-refractivity contribution in [3.63, 3.8) is 0 Å². The number of hydrogen-bond acceptors (Lipinski definition) is 4. The maximum atomic E-state index is 12.0. The summed E-state index contributed by atoms with van der Waals surface area (Å²) in [5.74, 6) is -0.202. The SMILES string of the molecule is N#CC1CCCN(S(=O)(=O)n2ccnc2)C1. The summed E-state index contributed by atoms with van der Waals surface area (Å²) in [4.78, 5) is 3.71.